The van der Waals surface area contributed by atoms with Crippen molar-refractivity contribution in [2.24, 2.45) is 0 Å². The van der Waals surface area contributed by atoms with E-state index in [1.165, 1.54) is 35.3 Å². The number of hydrogen-bond acceptors (Lipinski definition) is 8. The molecule has 0 spiro atoms. The van der Waals surface area contributed by atoms with Crippen molar-refractivity contribution in [3.05, 3.63) is 70.9 Å². The smallest absolute Gasteiger partial charge is 0.352 e. The quantitative estimate of drug-likeness (QED) is 0.190. The number of carbonyl (C=O) groups excluding carboxylic acids is 3. The minimum atomic E-state index is -1.14. The van der Waals surface area contributed by atoms with Crippen LogP contribution in [0.5, 0.6) is 0 Å². The lowest BCUT2D eigenvalue weighted by Crippen LogP contribution is -2.48. The van der Waals surface area contributed by atoms with Crippen LogP contribution >= 0.6 is 11.6 Å². The summed E-state index contributed by atoms with van der Waals surface area (Å²) in [6.45, 7) is 2.58. The number of nitrogens with one attached hydrogen (secondary N) is 3. The number of anilines is 1. The molecule has 45 heavy (non-hydrogen) atoms. The Bertz CT molecular complexity index is 1770. The molecule has 2 aromatic heterocycles. The third-order valence-electron chi connectivity index (χ3n) is 7.36. The highest BCUT2D eigenvalue weighted by Gasteiger charge is 2.25. The van der Waals surface area contributed by atoms with Gasteiger partial charge in [-0.15, -0.1) is 5.10 Å². The number of halogens is 2. The lowest BCUT2D eigenvalue weighted by atomic mass is 10.1. The van der Waals surface area contributed by atoms with Crippen molar-refractivity contribution in [1.29, 1.82) is 0 Å². The van der Waals surface area contributed by atoms with Gasteiger partial charge in [-0.05, 0) is 66.4 Å². The number of aromatic nitrogens is 5. The molecule has 234 valence electrons. The normalized spacial score (nSPS) is 14.5. The molecule has 16 heteroatoms. The van der Waals surface area contributed by atoms with E-state index in [9.17, 15) is 28.7 Å². The van der Waals surface area contributed by atoms with Crippen molar-refractivity contribution in [2.75, 3.05) is 38.5 Å². The number of fused-ring (bicyclic) bond motifs is 1. The Labute approximate surface area is 260 Å². The lowest BCUT2D eigenvalue weighted by molar-refractivity contribution is -0.133. The van der Waals surface area contributed by atoms with Crippen molar-refractivity contribution in [2.45, 2.75) is 18.9 Å². The molecule has 1 aliphatic rings. The van der Waals surface area contributed by atoms with Gasteiger partial charge in [0.25, 0.3) is 0 Å². The molecule has 1 fully saturated rings. The molecular formula is C29H29ClFN9O5. The zero-order chi connectivity index (χ0) is 32.1. The van der Waals surface area contributed by atoms with Crippen LogP contribution in [0.3, 0.4) is 0 Å². The number of rotatable bonds is 10. The number of tetrazole rings is 1. The monoisotopic (exact) mass is 637 g/mol. The molecule has 3 heterocycles. The largest absolute Gasteiger partial charge is 0.477 e. The summed E-state index contributed by atoms with van der Waals surface area (Å²) in [5, 5.41) is 25.8. The van der Waals surface area contributed by atoms with Crippen LogP contribution in [0.15, 0.2) is 48.8 Å². The van der Waals surface area contributed by atoms with Crippen LogP contribution in [-0.2, 0) is 14.4 Å². The second-order valence-corrected chi connectivity index (χ2v) is 10.9. The van der Waals surface area contributed by atoms with Gasteiger partial charge in [0.05, 0.1) is 10.7 Å². The summed E-state index contributed by atoms with van der Waals surface area (Å²) in [6, 6.07) is 7.90. The minimum absolute atomic E-state index is 0.00300. The number of aromatic amines is 1. The van der Waals surface area contributed by atoms with E-state index in [1.807, 2.05) is 7.05 Å². The maximum absolute atomic E-state index is 15.0. The zero-order valence-corrected chi connectivity index (χ0v) is 24.8. The van der Waals surface area contributed by atoms with Gasteiger partial charge in [-0.25, -0.2) is 9.18 Å². The first-order chi connectivity index (χ1) is 21.6. The molecule has 0 radical (unpaired) electrons. The molecule has 4 aromatic rings. The molecule has 5 rings (SSSR count). The van der Waals surface area contributed by atoms with Crippen molar-refractivity contribution >= 4 is 58.0 Å². The van der Waals surface area contributed by atoms with Gasteiger partial charge in [-0.1, -0.05) is 11.6 Å². The number of carboxylic acids is 1. The molecule has 3 amide bonds. The van der Waals surface area contributed by atoms with Crippen LogP contribution in [0.25, 0.3) is 22.7 Å². The highest BCUT2D eigenvalue weighted by molar-refractivity contribution is 6.31. The lowest BCUT2D eigenvalue weighted by Gasteiger charge is -2.32. The summed E-state index contributed by atoms with van der Waals surface area (Å²) in [4.78, 5) is 57.3. The summed E-state index contributed by atoms with van der Waals surface area (Å²) in [6.07, 6.45) is 3.48. The van der Waals surface area contributed by atoms with Gasteiger partial charge in [-0.3, -0.25) is 14.4 Å². The van der Waals surface area contributed by atoms with Crippen molar-refractivity contribution in [1.82, 2.24) is 40.3 Å². The number of carboxylic acid groups (broad SMARTS) is 1. The van der Waals surface area contributed by atoms with E-state index in [2.05, 4.69) is 36.0 Å². The summed E-state index contributed by atoms with van der Waals surface area (Å²) < 4.78 is 16.2. The fraction of sp³-hybridized carbons (Fsp3) is 0.276. The molecule has 0 bridgehead atoms. The number of carbonyl (C=O) groups is 4. The van der Waals surface area contributed by atoms with Gasteiger partial charge >= 0.3 is 5.97 Å². The van der Waals surface area contributed by atoms with Crippen molar-refractivity contribution in [3.63, 3.8) is 0 Å². The molecule has 14 nitrogen and oxygen atoms in total. The van der Waals surface area contributed by atoms with Crippen LogP contribution in [0.1, 0.15) is 28.9 Å². The first kappa shape index (κ1) is 31.3. The van der Waals surface area contributed by atoms with Gasteiger partial charge in [0.1, 0.15) is 18.1 Å². The molecule has 0 saturated carbocycles. The van der Waals surface area contributed by atoms with Crippen LogP contribution in [0, 0.1) is 5.82 Å². The highest BCUT2D eigenvalue weighted by atomic mass is 35.5. The number of piperazine rings is 1. The standard InChI is InChI=1S/C29H29ClFN9O5/c1-38-10-12-39(13-11-38)26(42)9-6-22(28(43)33-18-2-5-21-17(14-18)15-23(34-21)29(44)45)35-25(41)8-3-19-24(40-16-32-36-37-40)7-4-20(30)27(19)31/h2-5,7-8,14-16,22,34H,6,9-13H2,1H3,(H,33,43)(H,35,41)(H,44,45)/b8-3+/t22-/m0/s1. The predicted molar refractivity (Wildman–Crippen MR) is 162 cm³/mol. The van der Waals surface area contributed by atoms with E-state index in [1.54, 1.807) is 23.1 Å². The number of hydrogen-bond donors (Lipinski definition) is 4. The Balaban J connectivity index is 1.33. The first-order valence-corrected chi connectivity index (χ1v) is 14.3. The summed E-state index contributed by atoms with van der Waals surface area (Å²) in [5.74, 6) is -3.39. The molecule has 1 atom stereocenters. The van der Waals surface area contributed by atoms with E-state index < -0.39 is 29.6 Å². The number of aromatic carboxylic acids is 1. The molecule has 0 unspecified atom stereocenters. The Morgan fingerprint density at radius 1 is 1.13 bits per heavy atom. The molecule has 4 N–H and O–H groups in total. The van der Waals surface area contributed by atoms with E-state index in [4.69, 9.17) is 11.6 Å². The molecule has 0 aliphatic carbocycles. The summed E-state index contributed by atoms with van der Waals surface area (Å²) in [7, 11) is 1.97. The number of H-pyrrole nitrogens is 1. The predicted octanol–water partition coefficient (Wildman–Crippen LogP) is 2.33. The third-order valence-corrected chi connectivity index (χ3v) is 7.65. The Kier molecular flexibility index (Phi) is 9.49. The Morgan fingerprint density at radius 3 is 2.62 bits per heavy atom. The van der Waals surface area contributed by atoms with E-state index in [-0.39, 0.29) is 40.7 Å². The number of benzene rings is 2. The van der Waals surface area contributed by atoms with E-state index in [0.29, 0.717) is 29.7 Å². The van der Waals surface area contributed by atoms with Crippen LogP contribution in [-0.4, -0.2) is 103 Å². The first-order valence-electron chi connectivity index (χ1n) is 13.9. The average molecular weight is 638 g/mol. The van der Waals surface area contributed by atoms with E-state index in [0.717, 1.165) is 19.2 Å². The molecule has 1 aliphatic heterocycles. The van der Waals surface area contributed by atoms with Crippen LogP contribution in [0.4, 0.5) is 10.1 Å². The van der Waals surface area contributed by atoms with Gasteiger partial charge in [-0.2, -0.15) is 4.68 Å². The molecule has 2 aromatic carbocycles. The topological polar surface area (TPSA) is 178 Å². The number of nitrogens with zero attached hydrogens (tertiary/aromatic N) is 6. The second-order valence-electron chi connectivity index (χ2n) is 10.4. The maximum atomic E-state index is 15.0. The van der Waals surface area contributed by atoms with Gasteiger partial charge in [0, 0.05) is 60.8 Å². The SMILES string of the molecule is CN1CCN(C(=O)CC[C@H](NC(=O)/C=C/c2c(-n3cnnn3)ccc(Cl)c2F)C(=O)Nc2ccc3[nH]c(C(=O)O)cc3c2)CC1. The van der Waals surface area contributed by atoms with Crippen LogP contribution < -0.4 is 10.6 Å². The van der Waals surface area contributed by atoms with Crippen molar-refractivity contribution < 1.29 is 28.7 Å². The summed E-state index contributed by atoms with van der Waals surface area (Å²) in [5.41, 5.74) is 1.08. The van der Waals surface area contributed by atoms with Gasteiger partial charge in [0.2, 0.25) is 17.7 Å². The number of likely N-dealkylation sites (N-methyl/N-ethyl adjacent to an activating group) is 1. The fourth-order valence-corrected chi connectivity index (χ4v) is 5.04. The minimum Gasteiger partial charge on any atom is -0.477 e. The summed E-state index contributed by atoms with van der Waals surface area (Å²) >= 11 is 5.97. The van der Waals surface area contributed by atoms with Gasteiger partial charge in [0.15, 0.2) is 5.82 Å². The van der Waals surface area contributed by atoms with E-state index >= 15 is 0 Å². The molecule has 1 saturated heterocycles. The van der Waals surface area contributed by atoms with Gasteiger partial charge < -0.3 is 30.5 Å². The highest BCUT2D eigenvalue weighted by Crippen LogP contribution is 2.25. The van der Waals surface area contributed by atoms with Crippen molar-refractivity contribution in [3.8, 4) is 5.69 Å². The zero-order valence-electron chi connectivity index (χ0n) is 24.0. The second kappa shape index (κ2) is 13.7. The Hall–Kier alpha value is -5.15. The van der Waals surface area contributed by atoms with Crippen LogP contribution in [0.2, 0.25) is 5.02 Å². The fourth-order valence-electron chi connectivity index (χ4n) is 4.87. The average Bonchev–Trinajstić information content (AvgIpc) is 3.71. The maximum Gasteiger partial charge on any atom is 0.352 e. The number of amides is 3. The Morgan fingerprint density at radius 2 is 1.91 bits per heavy atom. The molecular weight excluding hydrogens is 609 g/mol. The third kappa shape index (κ3) is 7.50.